The van der Waals surface area contributed by atoms with Crippen LogP contribution in [0.15, 0.2) is 42.5 Å². The molecule has 0 amide bonds. The lowest BCUT2D eigenvalue weighted by Gasteiger charge is -2.08. The molecule has 0 aliphatic heterocycles. The molecule has 2 aromatic rings. The number of carbonyl (C=O) groups is 3. The second kappa shape index (κ2) is 7.41. The number of rotatable bonds is 5. The molecule has 0 aromatic heterocycles. The molecule has 2 rings (SSSR count). The Morgan fingerprint density at radius 3 is 2.33 bits per heavy atom. The molecule has 0 aliphatic carbocycles. The fourth-order valence-corrected chi connectivity index (χ4v) is 1.99. The van der Waals surface area contributed by atoms with Crippen LogP contribution in [0.2, 0.25) is 0 Å². The minimum atomic E-state index is -0.777. The first-order valence-electron chi connectivity index (χ1n) is 7.16. The van der Waals surface area contributed by atoms with Gasteiger partial charge < -0.3 is 14.6 Å². The molecule has 0 heterocycles. The Morgan fingerprint density at radius 2 is 1.71 bits per heavy atom. The number of aryl methyl sites for hydroxylation is 1. The average Bonchev–Trinajstić information content (AvgIpc) is 2.55. The third kappa shape index (κ3) is 4.19. The number of Topliss-reactive ketones (excluding diaryl/α,β-unsaturated/α-hetero) is 1. The number of para-hydroxylation sites is 1. The van der Waals surface area contributed by atoms with E-state index in [9.17, 15) is 19.5 Å². The first-order chi connectivity index (χ1) is 11.4. The van der Waals surface area contributed by atoms with Crippen LogP contribution < -0.4 is 4.74 Å². The summed E-state index contributed by atoms with van der Waals surface area (Å²) in [7, 11) is 0. The summed E-state index contributed by atoms with van der Waals surface area (Å²) in [6.45, 7) is 2.47. The molecule has 0 bridgehead atoms. The van der Waals surface area contributed by atoms with Crippen LogP contribution in [0.25, 0.3) is 0 Å². The maximum absolute atomic E-state index is 12.0. The fraction of sp³-hybridized carbons (Fsp3) is 0.167. The smallest absolute Gasteiger partial charge is 0.342 e. The van der Waals surface area contributed by atoms with Crippen LogP contribution in [0.5, 0.6) is 11.5 Å². The van der Waals surface area contributed by atoms with Crippen molar-refractivity contribution in [3.8, 4) is 11.5 Å². The van der Waals surface area contributed by atoms with Gasteiger partial charge in [-0.25, -0.2) is 4.79 Å². The van der Waals surface area contributed by atoms with E-state index < -0.39 is 24.3 Å². The largest absolute Gasteiger partial charge is 0.507 e. The van der Waals surface area contributed by atoms with Crippen LogP contribution in [0.1, 0.15) is 33.2 Å². The van der Waals surface area contributed by atoms with E-state index in [1.165, 1.54) is 37.3 Å². The van der Waals surface area contributed by atoms with Crippen molar-refractivity contribution in [1.82, 2.24) is 0 Å². The SMILES string of the molecule is CC(=O)Oc1ccc(C(=O)COC(=O)c2cccc(C)c2O)cc1. The lowest BCUT2D eigenvalue weighted by molar-refractivity contribution is -0.131. The van der Waals surface area contributed by atoms with Crippen LogP contribution in [-0.2, 0) is 9.53 Å². The van der Waals surface area contributed by atoms with Gasteiger partial charge in [0.1, 0.15) is 17.1 Å². The lowest BCUT2D eigenvalue weighted by atomic mass is 10.1. The molecule has 124 valence electrons. The third-order valence-electron chi connectivity index (χ3n) is 3.23. The molecule has 6 heteroatoms. The number of hydrogen-bond acceptors (Lipinski definition) is 6. The average molecular weight is 328 g/mol. The number of aromatic hydroxyl groups is 1. The zero-order valence-corrected chi connectivity index (χ0v) is 13.2. The third-order valence-corrected chi connectivity index (χ3v) is 3.23. The van der Waals surface area contributed by atoms with Gasteiger partial charge >= 0.3 is 11.9 Å². The summed E-state index contributed by atoms with van der Waals surface area (Å²) in [6, 6.07) is 10.6. The molecule has 0 atom stereocenters. The number of phenolic OH excluding ortho intramolecular Hbond substituents is 1. The summed E-state index contributed by atoms with van der Waals surface area (Å²) in [5.41, 5.74) is 0.858. The number of esters is 2. The first-order valence-corrected chi connectivity index (χ1v) is 7.16. The molecule has 0 aliphatic rings. The van der Waals surface area contributed by atoms with Gasteiger partial charge in [-0.05, 0) is 42.8 Å². The predicted octanol–water partition coefficient (Wildman–Crippen LogP) is 2.67. The number of ether oxygens (including phenoxy) is 2. The number of ketones is 1. The molecule has 6 nitrogen and oxygen atoms in total. The highest BCUT2D eigenvalue weighted by molar-refractivity contribution is 6.00. The lowest BCUT2D eigenvalue weighted by Crippen LogP contribution is -2.14. The van der Waals surface area contributed by atoms with Crippen LogP contribution >= 0.6 is 0 Å². The van der Waals surface area contributed by atoms with Crippen molar-refractivity contribution < 1.29 is 29.0 Å². The molecule has 24 heavy (non-hydrogen) atoms. The second-order valence-corrected chi connectivity index (χ2v) is 5.09. The van der Waals surface area contributed by atoms with Crippen molar-refractivity contribution in [3.05, 3.63) is 59.2 Å². The molecule has 0 unspecified atom stereocenters. The molecular weight excluding hydrogens is 312 g/mol. The van der Waals surface area contributed by atoms with E-state index in [0.717, 1.165) is 0 Å². The predicted molar refractivity (Wildman–Crippen MR) is 85.2 cm³/mol. The molecule has 1 N–H and O–H groups in total. The van der Waals surface area contributed by atoms with Crippen molar-refractivity contribution in [2.24, 2.45) is 0 Å². The van der Waals surface area contributed by atoms with Gasteiger partial charge in [0.2, 0.25) is 0 Å². The van der Waals surface area contributed by atoms with Crippen molar-refractivity contribution in [2.75, 3.05) is 6.61 Å². The molecular formula is C18H16O6. The van der Waals surface area contributed by atoms with Gasteiger partial charge in [0.25, 0.3) is 0 Å². The van der Waals surface area contributed by atoms with Gasteiger partial charge in [-0.3, -0.25) is 9.59 Å². The second-order valence-electron chi connectivity index (χ2n) is 5.09. The molecule has 0 fully saturated rings. The Labute approximate surface area is 138 Å². The Balaban J connectivity index is 1.98. The van der Waals surface area contributed by atoms with Crippen molar-refractivity contribution in [2.45, 2.75) is 13.8 Å². The van der Waals surface area contributed by atoms with Crippen LogP contribution in [0.4, 0.5) is 0 Å². The van der Waals surface area contributed by atoms with Crippen LogP contribution in [0, 0.1) is 6.92 Å². The van der Waals surface area contributed by atoms with E-state index in [2.05, 4.69) is 0 Å². The van der Waals surface area contributed by atoms with E-state index in [1.807, 2.05) is 0 Å². The standard InChI is InChI=1S/C18H16O6/c1-11-4-3-5-15(17(11)21)18(22)23-10-16(20)13-6-8-14(9-7-13)24-12(2)19/h3-9,21H,10H2,1-2H3. The topological polar surface area (TPSA) is 89.9 Å². The molecule has 0 saturated heterocycles. The number of carbonyl (C=O) groups excluding carboxylic acids is 3. The number of benzene rings is 2. The maximum Gasteiger partial charge on any atom is 0.342 e. The summed E-state index contributed by atoms with van der Waals surface area (Å²) < 4.78 is 9.81. The Hall–Kier alpha value is -3.15. The minimum absolute atomic E-state index is 0.00741. The van der Waals surface area contributed by atoms with Gasteiger partial charge in [0, 0.05) is 12.5 Å². The van der Waals surface area contributed by atoms with E-state index in [1.54, 1.807) is 19.1 Å². The van der Waals surface area contributed by atoms with E-state index in [0.29, 0.717) is 16.9 Å². The maximum atomic E-state index is 12.0. The minimum Gasteiger partial charge on any atom is -0.507 e. The summed E-state index contributed by atoms with van der Waals surface area (Å²) in [4.78, 5) is 34.8. The van der Waals surface area contributed by atoms with Crippen molar-refractivity contribution >= 4 is 17.7 Å². The summed E-state index contributed by atoms with van der Waals surface area (Å²) in [5, 5.41) is 9.83. The van der Waals surface area contributed by atoms with E-state index in [-0.39, 0.29) is 11.3 Å². The Bertz CT molecular complexity index is 777. The molecule has 0 spiro atoms. The number of hydrogen-bond donors (Lipinski definition) is 1. The van der Waals surface area contributed by atoms with Crippen LogP contribution in [-0.4, -0.2) is 29.4 Å². The van der Waals surface area contributed by atoms with E-state index in [4.69, 9.17) is 9.47 Å². The molecule has 0 saturated carbocycles. The van der Waals surface area contributed by atoms with Gasteiger partial charge in [-0.1, -0.05) is 12.1 Å². The van der Waals surface area contributed by atoms with Gasteiger partial charge in [0.15, 0.2) is 12.4 Å². The van der Waals surface area contributed by atoms with Crippen molar-refractivity contribution in [1.29, 1.82) is 0 Å². The van der Waals surface area contributed by atoms with Gasteiger partial charge in [-0.2, -0.15) is 0 Å². The summed E-state index contributed by atoms with van der Waals surface area (Å²) >= 11 is 0. The summed E-state index contributed by atoms with van der Waals surface area (Å²) in [5.74, 6) is -1.49. The van der Waals surface area contributed by atoms with E-state index >= 15 is 0 Å². The highest BCUT2D eigenvalue weighted by Crippen LogP contribution is 2.22. The van der Waals surface area contributed by atoms with Crippen LogP contribution in [0.3, 0.4) is 0 Å². The molecule has 2 aromatic carbocycles. The highest BCUT2D eigenvalue weighted by atomic mass is 16.5. The van der Waals surface area contributed by atoms with Crippen molar-refractivity contribution in [3.63, 3.8) is 0 Å². The summed E-state index contributed by atoms with van der Waals surface area (Å²) in [6.07, 6.45) is 0. The zero-order valence-electron chi connectivity index (χ0n) is 13.2. The normalized spacial score (nSPS) is 10.1. The quantitative estimate of drug-likeness (QED) is 0.515. The molecule has 0 radical (unpaired) electrons. The first kappa shape index (κ1) is 17.2. The Morgan fingerprint density at radius 1 is 1.04 bits per heavy atom. The highest BCUT2D eigenvalue weighted by Gasteiger charge is 2.16. The number of phenols is 1. The van der Waals surface area contributed by atoms with Gasteiger partial charge in [0.05, 0.1) is 0 Å². The zero-order chi connectivity index (χ0) is 17.7. The fourth-order valence-electron chi connectivity index (χ4n) is 1.99. The Kier molecular flexibility index (Phi) is 5.31. The van der Waals surface area contributed by atoms with Gasteiger partial charge in [-0.15, -0.1) is 0 Å². The monoisotopic (exact) mass is 328 g/mol.